The molecular weight excluding hydrogens is 332 g/mol. The van der Waals surface area contributed by atoms with Crippen LogP contribution in [0.1, 0.15) is 28.9 Å². The molecule has 1 unspecified atom stereocenters. The van der Waals surface area contributed by atoms with Gasteiger partial charge in [-0.05, 0) is 42.8 Å². The van der Waals surface area contributed by atoms with Crippen LogP contribution >= 0.6 is 0 Å². The molecule has 0 spiro atoms. The maximum Gasteiger partial charge on any atom is 0.343 e. The van der Waals surface area contributed by atoms with Crippen LogP contribution in [0.2, 0.25) is 0 Å². The van der Waals surface area contributed by atoms with E-state index in [2.05, 4.69) is 15.4 Å². The number of ether oxygens (including phenoxy) is 2. The Morgan fingerprint density at radius 2 is 1.92 bits per heavy atom. The quantitative estimate of drug-likeness (QED) is 0.686. The van der Waals surface area contributed by atoms with Gasteiger partial charge in [-0.3, -0.25) is 0 Å². The lowest BCUT2D eigenvalue weighted by atomic mass is 10.1. The molecule has 1 aromatic carbocycles. The molecule has 0 saturated heterocycles. The second kappa shape index (κ2) is 7.69. The summed E-state index contributed by atoms with van der Waals surface area (Å²) < 4.78 is 11.7. The number of hydrogen-bond acceptors (Lipinski definition) is 6. The summed E-state index contributed by atoms with van der Waals surface area (Å²) in [6, 6.07) is 13.3. The Kier molecular flexibility index (Phi) is 5.17. The van der Waals surface area contributed by atoms with Crippen molar-refractivity contribution in [2.45, 2.75) is 13.0 Å². The fraction of sp³-hybridized carbons (Fsp3) is 0.211. The van der Waals surface area contributed by atoms with Crippen LogP contribution < -0.4 is 10.1 Å². The standard InChI is InChI=1S/C19H20N4O3/c1-13(14-5-7-15(8-6-14)23-12-4-11-20-23)21-17-10-9-16(19(24)26-3)18(22-17)25-2/h4-13H,1-3H3,(H,21,22). The minimum Gasteiger partial charge on any atom is -0.480 e. The largest absolute Gasteiger partial charge is 0.480 e. The van der Waals surface area contributed by atoms with Crippen molar-refractivity contribution in [1.29, 1.82) is 0 Å². The molecule has 26 heavy (non-hydrogen) atoms. The maximum absolute atomic E-state index is 11.7. The van der Waals surface area contributed by atoms with E-state index < -0.39 is 5.97 Å². The van der Waals surface area contributed by atoms with Crippen molar-refractivity contribution in [3.63, 3.8) is 0 Å². The highest BCUT2D eigenvalue weighted by Crippen LogP contribution is 2.23. The third-order valence-electron chi connectivity index (χ3n) is 3.99. The molecule has 7 heteroatoms. The van der Waals surface area contributed by atoms with Crippen molar-refractivity contribution < 1.29 is 14.3 Å². The number of anilines is 1. The van der Waals surface area contributed by atoms with E-state index in [4.69, 9.17) is 9.47 Å². The zero-order valence-electron chi connectivity index (χ0n) is 14.8. The third kappa shape index (κ3) is 3.66. The number of pyridine rings is 1. The minimum atomic E-state index is -0.483. The van der Waals surface area contributed by atoms with Crippen molar-refractivity contribution in [2.75, 3.05) is 19.5 Å². The molecule has 2 heterocycles. The summed E-state index contributed by atoms with van der Waals surface area (Å²) >= 11 is 0. The second-order valence-electron chi connectivity index (χ2n) is 5.65. The number of carbonyl (C=O) groups is 1. The Bertz CT molecular complexity index is 876. The third-order valence-corrected chi connectivity index (χ3v) is 3.99. The molecule has 0 aliphatic carbocycles. The van der Waals surface area contributed by atoms with Crippen molar-refractivity contribution >= 4 is 11.8 Å². The zero-order chi connectivity index (χ0) is 18.5. The predicted molar refractivity (Wildman–Crippen MR) is 97.7 cm³/mol. The highest BCUT2D eigenvalue weighted by molar-refractivity contribution is 5.92. The van der Waals surface area contributed by atoms with Crippen molar-refractivity contribution in [2.24, 2.45) is 0 Å². The van der Waals surface area contributed by atoms with Gasteiger partial charge in [-0.1, -0.05) is 12.1 Å². The number of nitrogens with zero attached hydrogens (tertiary/aromatic N) is 3. The van der Waals surface area contributed by atoms with Gasteiger partial charge in [0.05, 0.1) is 19.9 Å². The van der Waals surface area contributed by atoms with Gasteiger partial charge in [-0.2, -0.15) is 10.1 Å². The van der Waals surface area contributed by atoms with Gasteiger partial charge >= 0.3 is 5.97 Å². The average Bonchev–Trinajstić information content (AvgIpc) is 3.22. The number of benzene rings is 1. The number of hydrogen-bond donors (Lipinski definition) is 1. The van der Waals surface area contributed by atoms with Crippen LogP contribution in [0.15, 0.2) is 54.9 Å². The topological polar surface area (TPSA) is 78.3 Å². The molecule has 0 bridgehead atoms. The summed E-state index contributed by atoms with van der Waals surface area (Å²) in [4.78, 5) is 16.0. The molecular formula is C19H20N4O3. The van der Waals surface area contributed by atoms with E-state index >= 15 is 0 Å². The van der Waals surface area contributed by atoms with Crippen molar-refractivity contribution in [1.82, 2.24) is 14.8 Å². The fourth-order valence-electron chi connectivity index (χ4n) is 2.58. The Morgan fingerprint density at radius 3 is 2.54 bits per heavy atom. The van der Waals surface area contributed by atoms with Gasteiger partial charge in [-0.25, -0.2) is 9.48 Å². The zero-order valence-corrected chi connectivity index (χ0v) is 14.8. The van der Waals surface area contributed by atoms with Crippen LogP contribution in [0, 0.1) is 0 Å². The molecule has 2 aromatic heterocycles. The average molecular weight is 352 g/mol. The molecule has 0 saturated carbocycles. The summed E-state index contributed by atoms with van der Waals surface area (Å²) in [5.41, 5.74) is 2.38. The highest BCUT2D eigenvalue weighted by Gasteiger charge is 2.15. The molecule has 3 aromatic rings. The predicted octanol–water partition coefficient (Wildman–Crippen LogP) is 3.24. The van der Waals surface area contributed by atoms with Gasteiger partial charge < -0.3 is 14.8 Å². The number of nitrogens with one attached hydrogen (secondary N) is 1. The van der Waals surface area contributed by atoms with Gasteiger partial charge in [0.1, 0.15) is 11.4 Å². The van der Waals surface area contributed by atoms with E-state index in [0.717, 1.165) is 11.3 Å². The van der Waals surface area contributed by atoms with E-state index in [1.807, 2.05) is 43.5 Å². The Morgan fingerprint density at radius 1 is 1.15 bits per heavy atom. The van der Waals surface area contributed by atoms with Crippen LogP contribution in [0.5, 0.6) is 5.88 Å². The summed E-state index contributed by atoms with van der Waals surface area (Å²) in [6.07, 6.45) is 3.64. The van der Waals surface area contributed by atoms with E-state index in [1.54, 1.807) is 23.0 Å². The molecule has 0 aliphatic rings. The SMILES string of the molecule is COC(=O)c1ccc(NC(C)c2ccc(-n3cccn3)cc2)nc1OC. The first-order valence-electron chi connectivity index (χ1n) is 8.12. The number of methoxy groups -OCH3 is 2. The van der Waals surface area contributed by atoms with Crippen molar-refractivity contribution in [3.8, 4) is 11.6 Å². The fourth-order valence-corrected chi connectivity index (χ4v) is 2.58. The first kappa shape index (κ1) is 17.5. The Labute approximate surface area is 151 Å². The van der Waals surface area contributed by atoms with E-state index in [-0.39, 0.29) is 17.5 Å². The van der Waals surface area contributed by atoms with Gasteiger partial charge in [-0.15, -0.1) is 0 Å². The molecule has 0 fully saturated rings. The molecule has 0 aliphatic heterocycles. The molecule has 3 rings (SSSR count). The smallest absolute Gasteiger partial charge is 0.343 e. The van der Waals surface area contributed by atoms with Crippen LogP contribution in [0.25, 0.3) is 5.69 Å². The summed E-state index contributed by atoms with van der Waals surface area (Å²) in [7, 11) is 2.79. The molecule has 1 N–H and O–H groups in total. The normalized spacial score (nSPS) is 11.7. The molecule has 7 nitrogen and oxygen atoms in total. The lowest BCUT2D eigenvalue weighted by molar-refractivity contribution is 0.0596. The molecule has 134 valence electrons. The first-order valence-corrected chi connectivity index (χ1v) is 8.12. The van der Waals surface area contributed by atoms with Gasteiger partial charge in [0, 0.05) is 18.4 Å². The van der Waals surface area contributed by atoms with Gasteiger partial charge in [0.15, 0.2) is 0 Å². The molecule has 1 atom stereocenters. The highest BCUT2D eigenvalue weighted by atomic mass is 16.5. The summed E-state index contributed by atoms with van der Waals surface area (Å²) in [6.45, 7) is 2.03. The maximum atomic E-state index is 11.7. The lowest BCUT2D eigenvalue weighted by Gasteiger charge is -2.16. The summed E-state index contributed by atoms with van der Waals surface area (Å²) in [5.74, 6) is 0.351. The number of rotatable bonds is 6. The Hall–Kier alpha value is -3.35. The lowest BCUT2D eigenvalue weighted by Crippen LogP contribution is -2.11. The van der Waals surface area contributed by atoms with E-state index in [0.29, 0.717) is 5.82 Å². The van der Waals surface area contributed by atoms with Gasteiger partial charge in [0.25, 0.3) is 0 Å². The first-order chi connectivity index (χ1) is 12.6. The van der Waals surface area contributed by atoms with Crippen LogP contribution in [-0.2, 0) is 4.74 Å². The molecule has 0 amide bonds. The van der Waals surface area contributed by atoms with Crippen molar-refractivity contribution in [3.05, 3.63) is 66.0 Å². The number of esters is 1. The molecule has 0 radical (unpaired) electrons. The van der Waals surface area contributed by atoms with E-state index in [9.17, 15) is 4.79 Å². The second-order valence-corrected chi connectivity index (χ2v) is 5.65. The van der Waals surface area contributed by atoms with E-state index in [1.165, 1.54) is 14.2 Å². The Balaban J connectivity index is 1.75. The van der Waals surface area contributed by atoms with Crippen LogP contribution in [0.3, 0.4) is 0 Å². The minimum absolute atomic E-state index is 0.0165. The number of carbonyl (C=O) groups excluding carboxylic acids is 1. The van der Waals surface area contributed by atoms with Crippen LogP contribution in [0.4, 0.5) is 5.82 Å². The monoisotopic (exact) mass is 352 g/mol. The number of aromatic nitrogens is 3. The van der Waals surface area contributed by atoms with Crippen LogP contribution in [-0.4, -0.2) is 35.0 Å². The summed E-state index contributed by atoms with van der Waals surface area (Å²) in [5, 5.41) is 7.52. The van der Waals surface area contributed by atoms with Gasteiger partial charge in [0.2, 0.25) is 5.88 Å².